The summed E-state index contributed by atoms with van der Waals surface area (Å²) in [5.74, 6) is 1.42. The highest BCUT2D eigenvalue weighted by molar-refractivity contribution is 7.93. The van der Waals surface area contributed by atoms with E-state index in [1.165, 1.54) is 0 Å². The van der Waals surface area contributed by atoms with E-state index in [1.54, 1.807) is 31.7 Å². The van der Waals surface area contributed by atoms with Crippen molar-refractivity contribution < 1.29 is 17.9 Å². The SMILES string of the molecule is COc1ccc(-c2nc(S(=O)(=O)c3cccs3)[nH]c2-c2ccc(OC)cc2)cc1. The molecule has 6 nitrogen and oxygen atoms in total. The van der Waals surface area contributed by atoms with E-state index in [2.05, 4.69) is 9.97 Å². The Hall–Kier alpha value is -3.10. The van der Waals surface area contributed by atoms with E-state index in [0.29, 0.717) is 22.9 Å². The average molecular weight is 427 g/mol. The Labute approximate surface area is 172 Å². The number of thiophene rings is 1. The highest BCUT2D eigenvalue weighted by atomic mass is 32.2. The second-order valence-electron chi connectivity index (χ2n) is 6.16. The molecule has 4 rings (SSSR count). The standard InChI is InChI=1S/C21H18N2O4S2/c1-26-16-9-5-14(6-10-16)19-20(15-7-11-17(27-2)12-8-15)23-21(22-19)29(24,25)18-4-3-13-28-18/h3-13H,1-2H3,(H,22,23). The topological polar surface area (TPSA) is 81.3 Å². The van der Waals surface area contributed by atoms with E-state index >= 15 is 0 Å². The molecular weight excluding hydrogens is 408 g/mol. The van der Waals surface area contributed by atoms with Gasteiger partial charge in [0, 0.05) is 11.1 Å². The minimum absolute atomic E-state index is 0.0865. The third-order valence-electron chi connectivity index (χ3n) is 4.44. The first-order valence-electron chi connectivity index (χ1n) is 8.70. The fourth-order valence-electron chi connectivity index (χ4n) is 2.91. The van der Waals surface area contributed by atoms with Crippen LogP contribution in [-0.2, 0) is 9.84 Å². The molecule has 0 spiro atoms. The zero-order valence-electron chi connectivity index (χ0n) is 15.7. The molecule has 1 N–H and O–H groups in total. The van der Waals surface area contributed by atoms with Crippen LogP contribution in [0.25, 0.3) is 22.5 Å². The summed E-state index contributed by atoms with van der Waals surface area (Å²) < 4.78 is 36.7. The van der Waals surface area contributed by atoms with Crippen LogP contribution < -0.4 is 9.47 Å². The van der Waals surface area contributed by atoms with Crippen molar-refractivity contribution in [3.63, 3.8) is 0 Å². The van der Waals surface area contributed by atoms with Crippen LogP contribution in [0.15, 0.2) is 75.4 Å². The molecule has 0 aliphatic rings. The molecule has 0 saturated carbocycles. The summed E-state index contributed by atoms with van der Waals surface area (Å²) in [7, 11) is -0.544. The molecule has 29 heavy (non-hydrogen) atoms. The Bertz CT molecular complexity index is 1150. The van der Waals surface area contributed by atoms with Crippen LogP contribution in [-0.4, -0.2) is 32.6 Å². The normalized spacial score (nSPS) is 11.4. The van der Waals surface area contributed by atoms with Gasteiger partial charge in [0.05, 0.1) is 25.6 Å². The van der Waals surface area contributed by atoms with Gasteiger partial charge >= 0.3 is 0 Å². The van der Waals surface area contributed by atoms with Gasteiger partial charge in [-0.25, -0.2) is 13.4 Å². The van der Waals surface area contributed by atoms with Gasteiger partial charge in [-0.15, -0.1) is 11.3 Å². The molecule has 0 unspecified atom stereocenters. The van der Waals surface area contributed by atoms with Crippen LogP contribution in [0.3, 0.4) is 0 Å². The van der Waals surface area contributed by atoms with Crippen LogP contribution in [0.5, 0.6) is 11.5 Å². The van der Waals surface area contributed by atoms with E-state index < -0.39 is 9.84 Å². The molecule has 0 fully saturated rings. The molecule has 0 aliphatic heterocycles. The molecule has 2 heterocycles. The van der Waals surface area contributed by atoms with Crippen LogP contribution >= 0.6 is 11.3 Å². The number of rotatable bonds is 6. The van der Waals surface area contributed by atoms with Gasteiger partial charge in [-0.05, 0) is 60.0 Å². The first kappa shape index (κ1) is 19.2. The van der Waals surface area contributed by atoms with E-state index in [0.717, 1.165) is 22.5 Å². The zero-order chi connectivity index (χ0) is 20.4. The van der Waals surface area contributed by atoms with Crippen molar-refractivity contribution in [3.8, 4) is 34.0 Å². The fraction of sp³-hybridized carbons (Fsp3) is 0.0952. The summed E-state index contributed by atoms with van der Waals surface area (Å²) in [5, 5.41) is 1.64. The van der Waals surface area contributed by atoms with Gasteiger partial charge in [0.15, 0.2) is 0 Å². The van der Waals surface area contributed by atoms with Crippen molar-refractivity contribution in [1.82, 2.24) is 9.97 Å². The minimum atomic E-state index is -3.74. The highest BCUT2D eigenvalue weighted by Crippen LogP contribution is 2.34. The van der Waals surface area contributed by atoms with Crippen LogP contribution in [0.1, 0.15) is 0 Å². The van der Waals surface area contributed by atoms with Crippen molar-refractivity contribution in [1.29, 1.82) is 0 Å². The summed E-state index contributed by atoms with van der Waals surface area (Å²) in [6.07, 6.45) is 0. The lowest BCUT2D eigenvalue weighted by molar-refractivity contribution is 0.414. The molecule has 4 aromatic rings. The Morgan fingerprint density at radius 3 is 1.97 bits per heavy atom. The van der Waals surface area contributed by atoms with Gasteiger partial charge < -0.3 is 14.5 Å². The monoisotopic (exact) mass is 426 g/mol. The highest BCUT2D eigenvalue weighted by Gasteiger charge is 2.26. The van der Waals surface area contributed by atoms with Crippen LogP contribution in [0.2, 0.25) is 0 Å². The number of hydrogen-bond acceptors (Lipinski definition) is 6. The van der Waals surface area contributed by atoms with Gasteiger partial charge in [0.25, 0.3) is 0 Å². The molecule has 2 aromatic carbocycles. The van der Waals surface area contributed by atoms with E-state index in [9.17, 15) is 8.42 Å². The van der Waals surface area contributed by atoms with E-state index in [-0.39, 0.29) is 9.37 Å². The van der Waals surface area contributed by atoms with Crippen LogP contribution in [0, 0.1) is 0 Å². The Balaban J connectivity index is 1.88. The summed E-state index contributed by atoms with van der Waals surface area (Å²) in [5.41, 5.74) is 2.75. The van der Waals surface area contributed by atoms with E-state index in [4.69, 9.17) is 9.47 Å². The second kappa shape index (κ2) is 7.73. The van der Waals surface area contributed by atoms with Gasteiger partial charge in [-0.2, -0.15) is 0 Å². The fourth-order valence-corrected chi connectivity index (χ4v) is 5.17. The molecule has 2 aromatic heterocycles. The lowest BCUT2D eigenvalue weighted by atomic mass is 10.0. The Morgan fingerprint density at radius 1 is 0.862 bits per heavy atom. The number of sulfone groups is 1. The molecule has 0 radical (unpaired) electrons. The lowest BCUT2D eigenvalue weighted by Gasteiger charge is -2.06. The predicted molar refractivity (Wildman–Crippen MR) is 112 cm³/mol. The lowest BCUT2D eigenvalue weighted by Crippen LogP contribution is -2.02. The van der Waals surface area contributed by atoms with Crippen LogP contribution in [0.4, 0.5) is 0 Å². The first-order chi connectivity index (χ1) is 14.0. The number of hydrogen-bond donors (Lipinski definition) is 1. The molecule has 148 valence electrons. The molecule has 0 amide bonds. The molecular formula is C21H18N2O4S2. The number of aromatic amines is 1. The molecule has 0 aliphatic carbocycles. The molecule has 8 heteroatoms. The average Bonchev–Trinajstić information content (AvgIpc) is 3.45. The predicted octanol–water partition coefficient (Wildman–Crippen LogP) is 4.66. The van der Waals surface area contributed by atoms with Gasteiger partial charge in [0.2, 0.25) is 15.0 Å². The number of methoxy groups -OCH3 is 2. The van der Waals surface area contributed by atoms with Crippen molar-refractivity contribution in [2.45, 2.75) is 9.37 Å². The summed E-state index contributed by atoms with van der Waals surface area (Å²) in [6.45, 7) is 0. The maximum Gasteiger partial charge on any atom is 0.249 e. The number of benzene rings is 2. The Morgan fingerprint density at radius 2 is 1.45 bits per heavy atom. The third-order valence-corrected chi connectivity index (χ3v) is 7.42. The summed E-state index contributed by atoms with van der Waals surface area (Å²) >= 11 is 1.16. The quantitative estimate of drug-likeness (QED) is 0.485. The number of ether oxygens (including phenoxy) is 2. The third kappa shape index (κ3) is 3.64. The number of H-pyrrole nitrogens is 1. The smallest absolute Gasteiger partial charge is 0.249 e. The Kier molecular flexibility index (Phi) is 5.12. The van der Waals surface area contributed by atoms with Crippen molar-refractivity contribution in [3.05, 3.63) is 66.0 Å². The van der Waals surface area contributed by atoms with Crippen molar-refractivity contribution in [2.24, 2.45) is 0 Å². The van der Waals surface area contributed by atoms with Gasteiger partial charge in [-0.3, -0.25) is 0 Å². The second-order valence-corrected chi connectivity index (χ2v) is 9.20. The summed E-state index contributed by atoms with van der Waals surface area (Å²) in [4.78, 5) is 7.50. The zero-order valence-corrected chi connectivity index (χ0v) is 17.4. The summed E-state index contributed by atoms with van der Waals surface area (Å²) in [6, 6.07) is 18.0. The number of aromatic nitrogens is 2. The number of nitrogens with zero attached hydrogens (tertiary/aromatic N) is 1. The first-order valence-corrected chi connectivity index (χ1v) is 11.1. The maximum absolute atomic E-state index is 13.0. The van der Waals surface area contributed by atoms with Crippen molar-refractivity contribution >= 4 is 21.2 Å². The molecule has 0 saturated heterocycles. The van der Waals surface area contributed by atoms with Gasteiger partial charge in [0.1, 0.15) is 15.7 Å². The van der Waals surface area contributed by atoms with Gasteiger partial charge in [-0.1, -0.05) is 6.07 Å². The number of nitrogens with one attached hydrogen (secondary N) is 1. The number of imidazole rings is 1. The molecule has 0 atom stereocenters. The van der Waals surface area contributed by atoms with E-state index in [1.807, 2.05) is 48.5 Å². The maximum atomic E-state index is 13.0. The van der Waals surface area contributed by atoms with Crippen molar-refractivity contribution in [2.75, 3.05) is 14.2 Å². The largest absolute Gasteiger partial charge is 0.497 e. The molecule has 0 bridgehead atoms. The minimum Gasteiger partial charge on any atom is -0.497 e.